The summed E-state index contributed by atoms with van der Waals surface area (Å²) in [5.74, 6) is -1.24. The SMILES string of the molecule is O=C([O-])C[C@@H](NC(=O)OCc1ccccc1)c1ccccc1. The molecule has 0 aliphatic rings. The summed E-state index contributed by atoms with van der Waals surface area (Å²) in [5.41, 5.74) is 1.54. The fourth-order valence-electron chi connectivity index (χ4n) is 2.01. The van der Waals surface area contributed by atoms with Crippen molar-refractivity contribution >= 4 is 12.1 Å². The number of hydrogen-bond acceptors (Lipinski definition) is 4. The van der Waals surface area contributed by atoms with Crippen molar-refractivity contribution in [3.8, 4) is 0 Å². The Kier molecular flexibility index (Phi) is 5.54. The highest BCUT2D eigenvalue weighted by Crippen LogP contribution is 2.16. The maximum Gasteiger partial charge on any atom is 0.407 e. The van der Waals surface area contributed by atoms with E-state index in [9.17, 15) is 14.7 Å². The van der Waals surface area contributed by atoms with Gasteiger partial charge in [0.15, 0.2) is 0 Å². The summed E-state index contributed by atoms with van der Waals surface area (Å²) in [6.07, 6.45) is -0.983. The van der Waals surface area contributed by atoms with Gasteiger partial charge in [0.05, 0.1) is 6.04 Å². The van der Waals surface area contributed by atoms with Crippen LogP contribution >= 0.6 is 0 Å². The van der Waals surface area contributed by atoms with Crippen LogP contribution in [0.1, 0.15) is 23.6 Å². The Bertz CT molecular complexity index is 613. The van der Waals surface area contributed by atoms with Crippen LogP contribution in [0.3, 0.4) is 0 Å². The third-order valence-electron chi connectivity index (χ3n) is 3.08. The van der Waals surface area contributed by atoms with Crippen LogP contribution in [-0.2, 0) is 16.1 Å². The number of carbonyl (C=O) groups is 2. The number of rotatable bonds is 6. The van der Waals surface area contributed by atoms with Gasteiger partial charge in [-0.25, -0.2) is 4.79 Å². The summed E-state index contributed by atoms with van der Waals surface area (Å²) in [4.78, 5) is 22.7. The summed E-state index contributed by atoms with van der Waals surface area (Å²) in [7, 11) is 0. The molecule has 0 saturated heterocycles. The molecule has 2 rings (SSSR count). The molecule has 114 valence electrons. The number of benzene rings is 2. The standard InChI is InChI=1S/C17H17NO4/c19-16(20)11-15(14-9-5-2-6-10-14)18-17(21)22-12-13-7-3-1-4-8-13/h1-10,15H,11-12H2,(H,18,21)(H,19,20)/p-1/t15-/m1/s1. The van der Waals surface area contributed by atoms with Crippen LogP contribution in [0.2, 0.25) is 0 Å². The Hall–Kier alpha value is -2.82. The molecule has 0 saturated carbocycles. The average molecular weight is 298 g/mol. The average Bonchev–Trinajstić information content (AvgIpc) is 2.54. The monoisotopic (exact) mass is 298 g/mol. The molecular weight excluding hydrogens is 282 g/mol. The lowest BCUT2D eigenvalue weighted by Crippen LogP contribution is -2.34. The quantitative estimate of drug-likeness (QED) is 0.882. The van der Waals surface area contributed by atoms with Crippen molar-refractivity contribution in [2.45, 2.75) is 19.1 Å². The third-order valence-corrected chi connectivity index (χ3v) is 3.08. The Morgan fingerprint density at radius 3 is 2.18 bits per heavy atom. The van der Waals surface area contributed by atoms with E-state index in [0.29, 0.717) is 5.56 Å². The number of alkyl carbamates (subject to hydrolysis) is 1. The second-order valence-electron chi connectivity index (χ2n) is 4.75. The van der Waals surface area contributed by atoms with Crippen molar-refractivity contribution in [1.82, 2.24) is 5.32 Å². The highest BCUT2D eigenvalue weighted by Gasteiger charge is 2.15. The number of ether oxygens (including phenoxy) is 1. The number of aliphatic carboxylic acids is 1. The Labute approximate surface area is 128 Å². The largest absolute Gasteiger partial charge is 0.550 e. The zero-order chi connectivity index (χ0) is 15.8. The predicted octanol–water partition coefficient (Wildman–Crippen LogP) is 1.79. The molecule has 0 aromatic heterocycles. The molecule has 22 heavy (non-hydrogen) atoms. The molecule has 2 aromatic carbocycles. The van der Waals surface area contributed by atoms with Crippen LogP contribution in [0.15, 0.2) is 60.7 Å². The number of carboxylic acid groups (broad SMARTS) is 1. The molecule has 0 aliphatic heterocycles. The molecule has 0 bridgehead atoms. The molecule has 0 fully saturated rings. The van der Waals surface area contributed by atoms with Crippen LogP contribution in [-0.4, -0.2) is 12.1 Å². The maximum absolute atomic E-state index is 11.8. The molecular formula is C17H16NO4-. The van der Waals surface area contributed by atoms with E-state index in [2.05, 4.69) is 5.32 Å². The van der Waals surface area contributed by atoms with E-state index < -0.39 is 18.1 Å². The topological polar surface area (TPSA) is 78.5 Å². The van der Waals surface area contributed by atoms with Gasteiger partial charge in [0, 0.05) is 12.4 Å². The van der Waals surface area contributed by atoms with Crippen molar-refractivity contribution in [2.24, 2.45) is 0 Å². The van der Waals surface area contributed by atoms with Gasteiger partial charge in [-0.1, -0.05) is 60.7 Å². The van der Waals surface area contributed by atoms with Crippen LogP contribution in [0.4, 0.5) is 4.79 Å². The molecule has 0 aliphatic carbocycles. The molecule has 0 heterocycles. The molecule has 5 heteroatoms. The highest BCUT2D eigenvalue weighted by atomic mass is 16.5. The van der Waals surface area contributed by atoms with Crippen molar-refractivity contribution in [3.05, 3.63) is 71.8 Å². The number of nitrogens with one attached hydrogen (secondary N) is 1. The molecule has 1 N–H and O–H groups in total. The lowest BCUT2D eigenvalue weighted by molar-refractivity contribution is -0.306. The van der Waals surface area contributed by atoms with Crippen LogP contribution in [0.5, 0.6) is 0 Å². The molecule has 0 radical (unpaired) electrons. The fourth-order valence-corrected chi connectivity index (χ4v) is 2.01. The second kappa shape index (κ2) is 7.83. The molecule has 0 unspecified atom stereocenters. The minimum absolute atomic E-state index is 0.125. The van der Waals surface area contributed by atoms with Gasteiger partial charge in [0.1, 0.15) is 6.61 Å². The van der Waals surface area contributed by atoms with Gasteiger partial charge in [-0.3, -0.25) is 0 Å². The van der Waals surface area contributed by atoms with Gasteiger partial charge in [-0.2, -0.15) is 0 Å². The van der Waals surface area contributed by atoms with E-state index in [4.69, 9.17) is 4.74 Å². The van der Waals surface area contributed by atoms with E-state index in [0.717, 1.165) is 5.56 Å². The van der Waals surface area contributed by atoms with Gasteiger partial charge in [0.25, 0.3) is 0 Å². The zero-order valence-corrected chi connectivity index (χ0v) is 11.9. The number of carbonyl (C=O) groups excluding carboxylic acids is 2. The predicted molar refractivity (Wildman–Crippen MR) is 78.6 cm³/mol. The first-order chi connectivity index (χ1) is 10.6. The fraction of sp³-hybridized carbons (Fsp3) is 0.176. The van der Waals surface area contributed by atoms with Gasteiger partial charge in [0.2, 0.25) is 0 Å². The van der Waals surface area contributed by atoms with Crippen molar-refractivity contribution in [1.29, 1.82) is 0 Å². The molecule has 1 amide bonds. The van der Waals surface area contributed by atoms with Gasteiger partial charge >= 0.3 is 6.09 Å². The van der Waals surface area contributed by atoms with Gasteiger partial charge < -0.3 is 20.0 Å². The van der Waals surface area contributed by atoms with Gasteiger partial charge in [-0.05, 0) is 11.1 Å². The Balaban J connectivity index is 1.95. The highest BCUT2D eigenvalue weighted by molar-refractivity contribution is 5.71. The van der Waals surface area contributed by atoms with E-state index >= 15 is 0 Å². The minimum Gasteiger partial charge on any atom is -0.550 e. The summed E-state index contributed by atoms with van der Waals surface area (Å²) in [5, 5.41) is 13.4. The van der Waals surface area contributed by atoms with Crippen molar-refractivity contribution in [3.63, 3.8) is 0 Å². The van der Waals surface area contributed by atoms with Crippen molar-refractivity contribution < 1.29 is 19.4 Å². The normalized spacial score (nSPS) is 11.5. The Morgan fingerprint density at radius 2 is 1.59 bits per heavy atom. The van der Waals surface area contributed by atoms with Gasteiger partial charge in [-0.15, -0.1) is 0 Å². The van der Waals surface area contributed by atoms with E-state index in [-0.39, 0.29) is 13.0 Å². The number of amides is 1. The minimum atomic E-state index is -1.24. The summed E-state index contributed by atoms with van der Waals surface area (Å²) in [6, 6.07) is 17.4. The van der Waals surface area contributed by atoms with E-state index in [1.165, 1.54) is 0 Å². The van der Waals surface area contributed by atoms with Crippen LogP contribution < -0.4 is 10.4 Å². The first-order valence-corrected chi connectivity index (χ1v) is 6.87. The zero-order valence-electron chi connectivity index (χ0n) is 11.9. The lowest BCUT2D eigenvalue weighted by Gasteiger charge is -2.19. The van der Waals surface area contributed by atoms with Crippen LogP contribution in [0.25, 0.3) is 0 Å². The summed E-state index contributed by atoms with van der Waals surface area (Å²) >= 11 is 0. The number of carboxylic acids is 1. The van der Waals surface area contributed by atoms with Crippen molar-refractivity contribution in [2.75, 3.05) is 0 Å². The van der Waals surface area contributed by atoms with Crippen LogP contribution in [0, 0.1) is 0 Å². The molecule has 5 nitrogen and oxygen atoms in total. The molecule has 0 spiro atoms. The molecule has 2 aromatic rings. The van der Waals surface area contributed by atoms with E-state index in [1.807, 2.05) is 36.4 Å². The number of hydrogen-bond donors (Lipinski definition) is 1. The first kappa shape index (κ1) is 15.6. The third kappa shape index (κ3) is 4.94. The Morgan fingerprint density at radius 1 is 1.00 bits per heavy atom. The lowest BCUT2D eigenvalue weighted by atomic mass is 10.0. The van der Waals surface area contributed by atoms with E-state index in [1.54, 1.807) is 24.3 Å². The second-order valence-corrected chi connectivity index (χ2v) is 4.75. The summed E-state index contributed by atoms with van der Waals surface area (Å²) < 4.78 is 5.10. The maximum atomic E-state index is 11.8. The summed E-state index contributed by atoms with van der Waals surface area (Å²) in [6.45, 7) is 0.125. The first-order valence-electron chi connectivity index (χ1n) is 6.87. The molecule has 1 atom stereocenters. The smallest absolute Gasteiger partial charge is 0.407 e.